The molecule has 0 aromatic carbocycles. The van der Waals surface area contributed by atoms with Crippen molar-refractivity contribution >= 4 is 11.9 Å². The Labute approximate surface area is 104 Å². The molecule has 96 valence electrons. The summed E-state index contributed by atoms with van der Waals surface area (Å²) in [5.74, 6) is -1.82. The third-order valence-corrected chi connectivity index (χ3v) is 3.01. The van der Waals surface area contributed by atoms with Gasteiger partial charge in [-0.3, -0.25) is 9.59 Å². The van der Waals surface area contributed by atoms with Crippen molar-refractivity contribution in [3.05, 3.63) is 30.2 Å². The van der Waals surface area contributed by atoms with Gasteiger partial charge in [0, 0.05) is 6.07 Å². The molecule has 2 N–H and O–H groups in total. The second kappa shape index (κ2) is 5.48. The Hall–Kier alpha value is -2.11. The van der Waals surface area contributed by atoms with Crippen LogP contribution < -0.4 is 5.32 Å². The van der Waals surface area contributed by atoms with Gasteiger partial charge < -0.3 is 14.9 Å². The number of carbonyl (C=O) groups is 2. The molecular weight excluding hydrogens is 236 g/mol. The lowest BCUT2D eigenvalue weighted by atomic mass is 9.82. The zero-order valence-corrected chi connectivity index (χ0v) is 9.70. The third-order valence-electron chi connectivity index (χ3n) is 3.01. The normalized spacial score (nSPS) is 22.7. The molecule has 0 aliphatic heterocycles. The number of hydrogen-bond donors (Lipinski definition) is 2. The van der Waals surface area contributed by atoms with Crippen LogP contribution in [0.25, 0.3) is 0 Å². The highest BCUT2D eigenvalue weighted by Crippen LogP contribution is 2.26. The molecule has 1 aliphatic carbocycles. The molecule has 2 rings (SSSR count). The molecule has 18 heavy (non-hydrogen) atoms. The molecule has 0 spiro atoms. The molecule has 1 aliphatic rings. The maximum Gasteiger partial charge on any atom is 0.307 e. The van der Waals surface area contributed by atoms with Crippen molar-refractivity contribution in [1.29, 1.82) is 0 Å². The number of aliphatic carboxylic acids is 1. The van der Waals surface area contributed by atoms with Gasteiger partial charge in [0.2, 0.25) is 5.91 Å². The van der Waals surface area contributed by atoms with E-state index in [4.69, 9.17) is 9.63 Å². The van der Waals surface area contributed by atoms with Crippen LogP contribution >= 0.6 is 0 Å². The van der Waals surface area contributed by atoms with E-state index in [0.717, 1.165) is 0 Å². The summed E-state index contributed by atoms with van der Waals surface area (Å²) in [6.45, 7) is 0.228. The summed E-state index contributed by atoms with van der Waals surface area (Å²) in [4.78, 5) is 23.0. The van der Waals surface area contributed by atoms with Gasteiger partial charge in [-0.2, -0.15) is 0 Å². The molecule has 0 radical (unpaired) electrons. The van der Waals surface area contributed by atoms with Gasteiger partial charge in [0.05, 0.1) is 24.6 Å². The predicted octanol–water partition coefficient (Wildman–Crippen LogP) is 0.958. The van der Waals surface area contributed by atoms with Crippen molar-refractivity contribution in [2.75, 3.05) is 0 Å². The number of carboxylic acids is 1. The molecule has 0 saturated heterocycles. The van der Waals surface area contributed by atoms with Gasteiger partial charge >= 0.3 is 5.97 Å². The third kappa shape index (κ3) is 2.77. The van der Waals surface area contributed by atoms with Crippen LogP contribution in [0.5, 0.6) is 0 Å². The van der Waals surface area contributed by atoms with Crippen molar-refractivity contribution in [2.24, 2.45) is 11.8 Å². The van der Waals surface area contributed by atoms with Gasteiger partial charge in [-0.25, -0.2) is 0 Å². The SMILES string of the molecule is O=C(O)[C@H]1CC=CC[C@H]1C(=O)NCc1ccno1. The molecule has 0 fully saturated rings. The summed E-state index contributed by atoms with van der Waals surface area (Å²) >= 11 is 0. The van der Waals surface area contributed by atoms with Gasteiger partial charge in [-0.15, -0.1) is 0 Å². The zero-order valence-electron chi connectivity index (χ0n) is 9.70. The molecule has 1 heterocycles. The molecule has 2 atom stereocenters. The van der Waals surface area contributed by atoms with Crippen molar-refractivity contribution < 1.29 is 19.2 Å². The fraction of sp³-hybridized carbons (Fsp3) is 0.417. The van der Waals surface area contributed by atoms with Crippen LogP contribution in [0.1, 0.15) is 18.6 Å². The highest BCUT2D eigenvalue weighted by atomic mass is 16.5. The van der Waals surface area contributed by atoms with Crippen LogP contribution in [0.2, 0.25) is 0 Å². The van der Waals surface area contributed by atoms with E-state index in [1.165, 1.54) is 6.20 Å². The fourth-order valence-corrected chi connectivity index (χ4v) is 2.02. The Morgan fingerprint density at radius 1 is 1.39 bits per heavy atom. The molecule has 0 saturated carbocycles. The summed E-state index contributed by atoms with van der Waals surface area (Å²) in [5.41, 5.74) is 0. The summed E-state index contributed by atoms with van der Waals surface area (Å²) in [5, 5.41) is 15.3. The Kier molecular flexibility index (Phi) is 3.76. The molecular formula is C12H14N2O4. The smallest absolute Gasteiger partial charge is 0.307 e. The number of carbonyl (C=O) groups excluding carboxylic acids is 1. The Bertz CT molecular complexity index is 453. The number of rotatable bonds is 4. The monoisotopic (exact) mass is 250 g/mol. The Morgan fingerprint density at radius 3 is 2.72 bits per heavy atom. The number of nitrogens with one attached hydrogen (secondary N) is 1. The lowest BCUT2D eigenvalue weighted by molar-refractivity contribution is -0.147. The van der Waals surface area contributed by atoms with E-state index >= 15 is 0 Å². The van der Waals surface area contributed by atoms with E-state index in [1.807, 2.05) is 6.08 Å². The highest BCUT2D eigenvalue weighted by molar-refractivity contribution is 5.85. The average Bonchev–Trinajstić information content (AvgIpc) is 2.89. The molecule has 0 bridgehead atoms. The van der Waals surface area contributed by atoms with E-state index in [-0.39, 0.29) is 12.5 Å². The predicted molar refractivity (Wildman–Crippen MR) is 61.3 cm³/mol. The van der Waals surface area contributed by atoms with E-state index in [2.05, 4.69) is 10.5 Å². The summed E-state index contributed by atoms with van der Waals surface area (Å²) in [6.07, 6.45) is 6.00. The van der Waals surface area contributed by atoms with Gasteiger partial charge in [-0.05, 0) is 12.8 Å². The lowest BCUT2D eigenvalue weighted by Crippen LogP contribution is -2.38. The van der Waals surface area contributed by atoms with Crippen molar-refractivity contribution in [2.45, 2.75) is 19.4 Å². The molecule has 6 nitrogen and oxygen atoms in total. The zero-order chi connectivity index (χ0) is 13.0. The minimum Gasteiger partial charge on any atom is -0.481 e. The first kappa shape index (κ1) is 12.3. The quantitative estimate of drug-likeness (QED) is 0.776. The fourth-order valence-electron chi connectivity index (χ4n) is 2.02. The number of carboxylic acid groups (broad SMARTS) is 1. The van der Waals surface area contributed by atoms with Crippen LogP contribution in [0.15, 0.2) is 28.9 Å². The molecule has 6 heteroatoms. The highest BCUT2D eigenvalue weighted by Gasteiger charge is 2.33. The maximum atomic E-state index is 11.9. The minimum atomic E-state index is -0.931. The van der Waals surface area contributed by atoms with Crippen molar-refractivity contribution in [1.82, 2.24) is 10.5 Å². The first-order valence-corrected chi connectivity index (χ1v) is 5.73. The summed E-state index contributed by atoms with van der Waals surface area (Å²) in [6, 6.07) is 1.65. The van der Waals surface area contributed by atoms with E-state index in [1.54, 1.807) is 12.1 Å². The minimum absolute atomic E-state index is 0.228. The standard InChI is InChI=1S/C12H14N2O4/c15-11(13-7-8-5-6-14-18-8)9-3-1-2-4-10(9)12(16)17/h1-2,5-6,9-10H,3-4,7H2,(H,13,15)(H,16,17)/t9-,10+/m1/s1. The van der Waals surface area contributed by atoms with E-state index in [0.29, 0.717) is 18.6 Å². The Morgan fingerprint density at radius 2 is 2.11 bits per heavy atom. The number of aromatic nitrogens is 1. The van der Waals surface area contributed by atoms with Crippen LogP contribution in [-0.4, -0.2) is 22.1 Å². The first-order chi connectivity index (χ1) is 8.68. The number of hydrogen-bond acceptors (Lipinski definition) is 4. The van der Waals surface area contributed by atoms with E-state index in [9.17, 15) is 9.59 Å². The van der Waals surface area contributed by atoms with Gasteiger partial charge in [0.15, 0.2) is 5.76 Å². The van der Waals surface area contributed by atoms with Gasteiger partial charge in [0.1, 0.15) is 0 Å². The number of nitrogens with zero attached hydrogens (tertiary/aromatic N) is 1. The van der Waals surface area contributed by atoms with Gasteiger partial charge in [0.25, 0.3) is 0 Å². The van der Waals surface area contributed by atoms with Crippen LogP contribution in [-0.2, 0) is 16.1 Å². The summed E-state index contributed by atoms with van der Waals surface area (Å²) < 4.78 is 4.85. The first-order valence-electron chi connectivity index (χ1n) is 5.73. The van der Waals surface area contributed by atoms with Crippen LogP contribution in [0, 0.1) is 11.8 Å². The van der Waals surface area contributed by atoms with Crippen molar-refractivity contribution in [3.63, 3.8) is 0 Å². The second-order valence-corrected chi connectivity index (χ2v) is 4.19. The second-order valence-electron chi connectivity index (χ2n) is 4.19. The Balaban J connectivity index is 1.94. The lowest BCUT2D eigenvalue weighted by Gasteiger charge is -2.23. The maximum absolute atomic E-state index is 11.9. The molecule has 1 aromatic heterocycles. The van der Waals surface area contributed by atoms with Crippen LogP contribution in [0.4, 0.5) is 0 Å². The molecule has 1 aromatic rings. The summed E-state index contributed by atoms with van der Waals surface area (Å²) in [7, 11) is 0. The average molecular weight is 250 g/mol. The van der Waals surface area contributed by atoms with Crippen LogP contribution in [0.3, 0.4) is 0 Å². The largest absolute Gasteiger partial charge is 0.481 e. The topological polar surface area (TPSA) is 92.4 Å². The molecule has 1 amide bonds. The van der Waals surface area contributed by atoms with E-state index < -0.39 is 17.8 Å². The number of amides is 1. The van der Waals surface area contributed by atoms with Gasteiger partial charge in [-0.1, -0.05) is 17.3 Å². The number of allylic oxidation sites excluding steroid dienone is 2. The van der Waals surface area contributed by atoms with Crippen molar-refractivity contribution in [3.8, 4) is 0 Å². The molecule has 0 unspecified atom stereocenters.